The predicted molar refractivity (Wildman–Crippen MR) is 72.6 cm³/mol. The van der Waals surface area contributed by atoms with E-state index in [0.29, 0.717) is 0 Å². The second kappa shape index (κ2) is 5.41. The van der Waals surface area contributed by atoms with Crippen LogP contribution in [0.15, 0.2) is 30.3 Å². The van der Waals surface area contributed by atoms with Crippen molar-refractivity contribution in [3.8, 4) is 0 Å². The van der Waals surface area contributed by atoms with Gasteiger partial charge in [0, 0.05) is 0 Å². The Bertz CT molecular complexity index is 314. The quantitative estimate of drug-likeness (QED) is 0.721. The molecule has 0 aliphatic heterocycles. The number of allylic oxidation sites excluding steroid dienone is 1. The second-order valence-corrected chi connectivity index (χ2v) is 5.23. The lowest BCUT2D eigenvalue weighted by Crippen LogP contribution is -2.10. The SMILES string of the molecule is CC(C)(C)c1ccc(C=CCCS)cc1. The van der Waals surface area contributed by atoms with Gasteiger partial charge in [-0.2, -0.15) is 12.6 Å². The highest BCUT2D eigenvalue weighted by Gasteiger charge is 2.12. The molecule has 0 saturated carbocycles. The molecule has 1 rings (SSSR count). The number of hydrogen-bond donors (Lipinski definition) is 1. The normalized spacial score (nSPS) is 12.3. The maximum atomic E-state index is 4.17. The first kappa shape index (κ1) is 12.4. The summed E-state index contributed by atoms with van der Waals surface area (Å²) in [4.78, 5) is 0. The maximum Gasteiger partial charge on any atom is -0.00632 e. The van der Waals surface area contributed by atoms with Crippen molar-refractivity contribution in [1.82, 2.24) is 0 Å². The van der Waals surface area contributed by atoms with Gasteiger partial charge in [0.1, 0.15) is 0 Å². The average molecular weight is 220 g/mol. The van der Waals surface area contributed by atoms with Crippen molar-refractivity contribution in [2.24, 2.45) is 0 Å². The Hall–Kier alpha value is -0.690. The van der Waals surface area contributed by atoms with Crippen LogP contribution in [0.1, 0.15) is 38.3 Å². The van der Waals surface area contributed by atoms with Crippen LogP contribution in [-0.4, -0.2) is 5.75 Å². The van der Waals surface area contributed by atoms with Gasteiger partial charge in [0.2, 0.25) is 0 Å². The molecule has 0 N–H and O–H groups in total. The molecule has 0 radical (unpaired) electrons. The van der Waals surface area contributed by atoms with E-state index in [1.165, 1.54) is 11.1 Å². The van der Waals surface area contributed by atoms with E-state index < -0.39 is 0 Å². The van der Waals surface area contributed by atoms with E-state index in [2.05, 4.69) is 69.8 Å². The van der Waals surface area contributed by atoms with E-state index in [1.807, 2.05) is 0 Å². The Morgan fingerprint density at radius 1 is 1.13 bits per heavy atom. The lowest BCUT2D eigenvalue weighted by atomic mass is 9.87. The van der Waals surface area contributed by atoms with Gasteiger partial charge < -0.3 is 0 Å². The van der Waals surface area contributed by atoms with Crippen molar-refractivity contribution < 1.29 is 0 Å². The molecule has 0 aromatic heterocycles. The summed E-state index contributed by atoms with van der Waals surface area (Å²) in [5.74, 6) is 0.913. The zero-order valence-electron chi connectivity index (χ0n) is 9.83. The third kappa shape index (κ3) is 4.13. The molecule has 0 aliphatic carbocycles. The van der Waals surface area contributed by atoms with Gasteiger partial charge >= 0.3 is 0 Å². The van der Waals surface area contributed by atoms with Crippen LogP contribution in [0.2, 0.25) is 0 Å². The summed E-state index contributed by atoms with van der Waals surface area (Å²) >= 11 is 4.17. The first-order chi connectivity index (χ1) is 7.04. The molecule has 15 heavy (non-hydrogen) atoms. The van der Waals surface area contributed by atoms with Crippen LogP contribution >= 0.6 is 12.6 Å². The minimum Gasteiger partial charge on any atom is -0.179 e. The molecule has 82 valence electrons. The van der Waals surface area contributed by atoms with E-state index in [4.69, 9.17) is 0 Å². The largest absolute Gasteiger partial charge is 0.179 e. The topological polar surface area (TPSA) is 0 Å². The molecule has 0 saturated heterocycles. The van der Waals surface area contributed by atoms with Crippen molar-refractivity contribution in [2.75, 3.05) is 5.75 Å². The smallest absolute Gasteiger partial charge is 0.00632 e. The summed E-state index contributed by atoms with van der Waals surface area (Å²) in [6.07, 6.45) is 5.35. The lowest BCUT2D eigenvalue weighted by Gasteiger charge is -2.18. The monoisotopic (exact) mass is 220 g/mol. The molecule has 0 unspecified atom stereocenters. The molecule has 0 atom stereocenters. The van der Waals surface area contributed by atoms with Crippen LogP contribution in [0.25, 0.3) is 6.08 Å². The van der Waals surface area contributed by atoms with E-state index in [-0.39, 0.29) is 5.41 Å². The molecule has 1 aromatic rings. The molecule has 0 heterocycles. The van der Waals surface area contributed by atoms with E-state index in [0.717, 1.165) is 12.2 Å². The first-order valence-electron chi connectivity index (χ1n) is 5.42. The van der Waals surface area contributed by atoms with Crippen molar-refractivity contribution in [1.29, 1.82) is 0 Å². The highest BCUT2D eigenvalue weighted by Crippen LogP contribution is 2.22. The molecule has 0 fully saturated rings. The summed E-state index contributed by atoms with van der Waals surface area (Å²) in [5, 5.41) is 0. The summed E-state index contributed by atoms with van der Waals surface area (Å²) in [6.45, 7) is 6.70. The standard InChI is InChI=1S/C14H20S/c1-14(2,3)13-9-7-12(8-10-13)6-4-5-11-15/h4,6-10,15H,5,11H2,1-3H3. The van der Waals surface area contributed by atoms with Crippen molar-refractivity contribution in [3.05, 3.63) is 41.5 Å². The van der Waals surface area contributed by atoms with Gasteiger partial charge in [0.05, 0.1) is 0 Å². The van der Waals surface area contributed by atoms with Crippen LogP contribution in [-0.2, 0) is 5.41 Å². The van der Waals surface area contributed by atoms with Gasteiger partial charge in [-0.1, -0.05) is 57.2 Å². The number of benzene rings is 1. The Morgan fingerprint density at radius 2 is 1.73 bits per heavy atom. The fraction of sp³-hybridized carbons (Fsp3) is 0.429. The third-order valence-corrected chi connectivity index (χ3v) is 2.64. The lowest BCUT2D eigenvalue weighted by molar-refractivity contribution is 0.590. The minimum atomic E-state index is 0.243. The summed E-state index contributed by atoms with van der Waals surface area (Å²) < 4.78 is 0. The zero-order chi connectivity index (χ0) is 11.3. The molecule has 0 bridgehead atoms. The third-order valence-electron chi connectivity index (χ3n) is 2.38. The van der Waals surface area contributed by atoms with Gasteiger partial charge in [-0.25, -0.2) is 0 Å². The van der Waals surface area contributed by atoms with Crippen LogP contribution < -0.4 is 0 Å². The van der Waals surface area contributed by atoms with Gasteiger partial charge in [-0.3, -0.25) is 0 Å². The molecule has 0 spiro atoms. The molecular weight excluding hydrogens is 200 g/mol. The van der Waals surface area contributed by atoms with E-state index in [9.17, 15) is 0 Å². The highest BCUT2D eigenvalue weighted by molar-refractivity contribution is 7.80. The number of thiol groups is 1. The predicted octanol–water partition coefficient (Wildman–Crippen LogP) is 4.32. The Labute approximate surface area is 98.8 Å². The average Bonchev–Trinajstić information content (AvgIpc) is 2.18. The van der Waals surface area contributed by atoms with Crippen molar-refractivity contribution >= 4 is 18.7 Å². The van der Waals surface area contributed by atoms with Gasteiger partial charge in [-0.15, -0.1) is 0 Å². The fourth-order valence-electron chi connectivity index (χ4n) is 1.39. The zero-order valence-corrected chi connectivity index (χ0v) is 10.7. The van der Waals surface area contributed by atoms with Crippen LogP contribution in [0.4, 0.5) is 0 Å². The second-order valence-electron chi connectivity index (χ2n) is 4.79. The van der Waals surface area contributed by atoms with E-state index >= 15 is 0 Å². The van der Waals surface area contributed by atoms with Crippen LogP contribution in [0.3, 0.4) is 0 Å². The van der Waals surface area contributed by atoms with Crippen molar-refractivity contribution in [2.45, 2.75) is 32.6 Å². The molecule has 0 nitrogen and oxygen atoms in total. The van der Waals surface area contributed by atoms with E-state index in [1.54, 1.807) is 0 Å². The first-order valence-corrected chi connectivity index (χ1v) is 6.05. The molecular formula is C14H20S. The highest BCUT2D eigenvalue weighted by atomic mass is 32.1. The number of hydrogen-bond acceptors (Lipinski definition) is 1. The molecule has 1 heteroatoms. The van der Waals surface area contributed by atoms with Crippen LogP contribution in [0, 0.1) is 0 Å². The Balaban J connectivity index is 2.73. The summed E-state index contributed by atoms with van der Waals surface area (Å²) in [5.41, 5.74) is 2.89. The van der Waals surface area contributed by atoms with Gasteiger partial charge in [0.25, 0.3) is 0 Å². The minimum absolute atomic E-state index is 0.243. The van der Waals surface area contributed by atoms with Crippen molar-refractivity contribution in [3.63, 3.8) is 0 Å². The van der Waals surface area contributed by atoms with Crippen LogP contribution in [0.5, 0.6) is 0 Å². The molecule has 0 amide bonds. The Kier molecular flexibility index (Phi) is 4.46. The maximum absolute atomic E-state index is 4.17. The molecule has 1 aromatic carbocycles. The summed E-state index contributed by atoms with van der Waals surface area (Å²) in [6, 6.07) is 8.77. The Morgan fingerprint density at radius 3 is 2.20 bits per heavy atom. The summed E-state index contributed by atoms with van der Waals surface area (Å²) in [7, 11) is 0. The number of rotatable bonds is 3. The molecule has 0 aliphatic rings. The van der Waals surface area contributed by atoms with Gasteiger partial charge in [-0.05, 0) is 28.7 Å². The fourth-order valence-corrected chi connectivity index (χ4v) is 1.54. The van der Waals surface area contributed by atoms with Gasteiger partial charge in [0.15, 0.2) is 0 Å².